The second-order valence-electron chi connectivity index (χ2n) is 20.8. The zero-order valence-electron chi connectivity index (χ0n) is 34.4. The summed E-state index contributed by atoms with van der Waals surface area (Å²) in [5.41, 5.74) is 7.37. The minimum atomic E-state index is -4.97. The van der Waals surface area contributed by atoms with Crippen LogP contribution >= 0.6 is 7.82 Å². The van der Waals surface area contributed by atoms with Crippen molar-refractivity contribution in [3.63, 3.8) is 0 Å². The molecule has 0 amide bonds. The van der Waals surface area contributed by atoms with Crippen LogP contribution in [0.2, 0.25) is 0 Å². The van der Waals surface area contributed by atoms with Crippen molar-refractivity contribution in [1.82, 2.24) is 0 Å². The summed E-state index contributed by atoms with van der Waals surface area (Å²) in [6.45, 7) is 39.9. The standard InChI is InChI=1S/C45H65O4P/c1-40(2,3)29-19-27-21-35(42(7,8)9)33(25-31(27)37(23-29)44(13,14)15)39(49-50(46,47)48)34-26-32-28(22-36(34)43(10,11)12)20-30(41(4,5)6)24-38(32)45(16,17)18/h19-26,39H,1-18H3,(H2,46,47,48). The highest BCUT2D eigenvalue weighted by molar-refractivity contribution is 7.46. The molecule has 4 aromatic rings. The SMILES string of the molecule is CC(C)(C)c1cc(C(C)(C)C)c2cc(C(OP(=O)(O)O)c3cc4c(C(C)(C)C)cc(C(C)(C)C)cc4cc3C(C)(C)C)c(C(C)(C)C)cc2c1. The number of hydrogen-bond donors (Lipinski definition) is 2. The molecule has 0 unspecified atom stereocenters. The maximum atomic E-state index is 13.1. The minimum absolute atomic E-state index is 0.0505. The van der Waals surface area contributed by atoms with Crippen LogP contribution in [0.4, 0.5) is 0 Å². The monoisotopic (exact) mass is 700 g/mol. The summed E-state index contributed by atoms with van der Waals surface area (Å²) in [4.78, 5) is 21.3. The second kappa shape index (κ2) is 12.6. The van der Waals surface area contributed by atoms with Gasteiger partial charge in [-0.15, -0.1) is 0 Å². The fourth-order valence-electron chi connectivity index (χ4n) is 7.11. The quantitative estimate of drug-likeness (QED) is 0.208. The lowest BCUT2D eigenvalue weighted by Crippen LogP contribution is -2.23. The van der Waals surface area contributed by atoms with Gasteiger partial charge in [-0.2, -0.15) is 0 Å². The van der Waals surface area contributed by atoms with Crippen molar-refractivity contribution >= 4 is 29.4 Å². The van der Waals surface area contributed by atoms with E-state index in [4.69, 9.17) is 4.52 Å². The number of benzene rings is 4. The van der Waals surface area contributed by atoms with Crippen molar-refractivity contribution in [2.75, 3.05) is 0 Å². The molecular weight excluding hydrogens is 635 g/mol. The maximum Gasteiger partial charge on any atom is 0.470 e. The van der Waals surface area contributed by atoms with E-state index in [1.807, 2.05) is 0 Å². The Morgan fingerprint density at radius 1 is 0.440 bits per heavy atom. The van der Waals surface area contributed by atoms with Crippen LogP contribution in [-0.2, 0) is 41.6 Å². The Kier molecular flexibility index (Phi) is 10.1. The Hall–Kier alpha value is -2.49. The first-order chi connectivity index (χ1) is 22.2. The molecule has 0 aliphatic carbocycles. The van der Waals surface area contributed by atoms with Gasteiger partial charge in [0, 0.05) is 0 Å². The van der Waals surface area contributed by atoms with Gasteiger partial charge >= 0.3 is 7.82 Å². The summed E-state index contributed by atoms with van der Waals surface area (Å²) in [7, 11) is -4.97. The first kappa shape index (κ1) is 40.3. The molecule has 0 radical (unpaired) electrons. The molecule has 0 fully saturated rings. The van der Waals surface area contributed by atoms with E-state index < -0.39 is 13.9 Å². The van der Waals surface area contributed by atoms with Gasteiger partial charge in [0.2, 0.25) is 0 Å². The number of phosphoric acid groups is 1. The molecule has 2 N–H and O–H groups in total. The third-order valence-corrected chi connectivity index (χ3v) is 10.5. The van der Waals surface area contributed by atoms with E-state index in [1.165, 1.54) is 22.3 Å². The predicted molar refractivity (Wildman–Crippen MR) is 215 cm³/mol. The molecule has 274 valence electrons. The molecule has 0 atom stereocenters. The van der Waals surface area contributed by atoms with E-state index in [0.717, 1.165) is 43.8 Å². The molecule has 0 aromatic heterocycles. The molecule has 4 nitrogen and oxygen atoms in total. The zero-order valence-corrected chi connectivity index (χ0v) is 35.2. The largest absolute Gasteiger partial charge is 0.470 e. The van der Waals surface area contributed by atoms with Crippen molar-refractivity contribution < 1.29 is 18.9 Å². The number of phosphoric ester groups is 1. The Bertz CT molecular complexity index is 1840. The maximum absolute atomic E-state index is 13.1. The third kappa shape index (κ3) is 8.58. The van der Waals surface area contributed by atoms with Gasteiger partial charge in [0.15, 0.2) is 0 Å². The average Bonchev–Trinajstić information content (AvgIpc) is 2.89. The molecule has 0 saturated carbocycles. The highest BCUT2D eigenvalue weighted by Crippen LogP contribution is 2.51. The molecule has 4 aromatic carbocycles. The summed E-state index contributed by atoms with van der Waals surface area (Å²) in [5.74, 6) is 0. The van der Waals surface area contributed by atoms with Crippen LogP contribution in [-0.4, -0.2) is 9.79 Å². The Balaban J connectivity index is 2.28. The lowest BCUT2D eigenvalue weighted by Gasteiger charge is -2.34. The molecule has 4 rings (SSSR count). The Labute approximate surface area is 303 Å². The van der Waals surface area contributed by atoms with E-state index in [1.54, 1.807) is 0 Å². The third-order valence-electron chi connectivity index (χ3n) is 10.0. The fourth-order valence-corrected chi connectivity index (χ4v) is 7.62. The second-order valence-corrected chi connectivity index (χ2v) is 22.0. The van der Waals surface area contributed by atoms with Gasteiger partial charge in [-0.3, -0.25) is 4.52 Å². The normalized spacial score (nSPS) is 14.3. The summed E-state index contributed by atoms with van der Waals surface area (Å²) >= 11 is 0. The number of rotatable bonds is 4. The molecule has 0 bridgehead atoms. The summed E-state index contributed by atoms with van der Waals surface area (Å²) in [6, 6.07) is 18.1. The van der Waals surface area contributed by atoms with Crippen molar-refractivity contribution in [1.29, 1.82) is 0 Å². The van der Waals surface area contributed by atoms with E-state index in [2.05, 4.69) is 173 Å². The average molecular weight is 701 g/mol. The number of fused-ring (bicyclic) bond motifs is 2. The van der Waals surface area contributed by atoms with Gasteiger partial charge < -0.3 is 9.79 Å². The zero-order chi connectivity index (χ0) is 38.4. The highest BCUT2D eigenvalue weighted by Gasteiger charge is 2.36. The molecule has 0 saturated heterocycles. The van der Waals surface area contributed by atoms with Gasteiger partial charge in [-0.1, -0.05) is 161 Å². The molecule has 0 spiro atoms. The van der Waals surface area contributed by atoms with Gasteiger partial charge in [0.1, 0.15) is 6.10 Å². The Morgan fingerprint density at radius 3 is 0.980 bits per heavy atom. The van der Waals surface area contributed by atoms with Crippen molar-refractivity contribution in [3.05, 3.63) is 93.0 Å². The van der Waals surface area contributed by atoms with E-state index in [0.29, 0.717) is 0 Å². The number of hydrogen-bond acceptors (Lipinski definition) is 2. The molecular formula is C45H65O4P. The lowest BCUT2D eigenvalue weighted by atomic mass is 9.73. The first-order valence-electron chi connectivity index (χ1n) is 18.2. The van der Waals surface area contributed by atoms with Crippen molar-refractivity contribution in [2.45, 2.75) is 163 Å². The van der Waals surface area contributed by atoms with E-state index >= 15 is 0 Å². The first-order valence-corrected chi connectivity index (χ1v) is 19.7. The van der Waals surface area contributed by atoms with Crippen LogP contribution in [0.5, 0.6) is 0 Å². The summed E-state index contributed by atoms with van der Waals surface area (Å²) in [5, 5.41) is 4.42. The summed E-state index contributed by atoms with van der Waals surface area (Å²) < 4.78 is 19.1. The van der Waals surface area contributed by atoms with Gasteiger partial charge in [0.25, 0.3) is 0 Å². The fraction of sp³-hybridized carbons (Fsp3) is 0.556. The topological polar surface area (TPSA) is 66.8 Å². The van der Waals surface area contributed by atoms with Crippen LogP contribution in [0.1, 0.15) is 175 Å². The van der Waals surface area contributed by atoms with Crippen LogP contribution in [0, 0.1) is 0 Å². The molecule has 5 heteroatoms. The van der Waals surface area contributed by atoms with Crippen LogP contribution in [0.25, 0.3) is 21.5 Å². The van der Waals surface area contributed by atoms with Gasteiger partial charge in [-0.05, 0) is 111 Å². The van der Waals surface area contributed by atoms with E-state index in [-0.39, 0.29) is 32.5 Å². The summed E-state index contributed by atoms with van der Waals surface area (Å²) in [6.07, 6.45) is -1.02. The van der Waals surface area contributed by atoms with Crippen molar-refractivity contribution in [2.24, 2.45) is 0 Å². The smallest absolute Gasteiger partial charge is 0.303 e. The van der Waals surface area contributed by atoms with Crippen LogP contribution in [0.15, 0.2) is 48.5 Å². The van der Waals surface area contributed by atoms with Gasteiger partial charge in [0.05, 0.1) is 0 Å². The van der Waals surface area contributed by atoms with Crippen LogP contribution in [0.3, 0.4) is 0 Å². The minimum Gasteiger partial charge on any atom is -0.303 e. The van der Waals surface area contributed by atoms with Gasteiger partial charge in [-0.25, -0.2) is 4.57 Å². The molecule has 0 heterocycles. The molecule has 0 aliphatic heterocycles. The highest BCUT2D eigenvalue weighted by atomic mass is 31.2. The Morgan fingerprint density at radius 2 is 0.740 bits per heavy atom. The molecule has 50 heavy (non-hydrogen) atoms. The van der Waals surface area contributed by atoms with E-state index in [9.17, 15) is 14.4 Å². The van der Waals surface area contributed by atoms with Crippen molar-refractivity contribution in [3.8, 4) is 0 Å². The van der Waals surface area contributed by atoms with Crippen LogP contribution < -0.4 is 0 Å². The molecule has 0 aliphatic rings. The predicted octanol–water partition coefficient (Wildman–Crippen LogP) is 13.0. The lowest BCUT2D eigenvalue weighted by molar-refractivity contribution is 0.155.